The largest absolute Gasteiger partial charge is 0.462 e. The van der Waals surface area contributed by atoms with E-state index < -0.39 is 5.82 Å². The zero-order chi connectivity index (χ0) is 9.26. The van der Waals surface area contributed by atoms with E-state index in [1.807, 2.05) is 0 Å². The van der Waals surface area contributed by atoms with Crippen LogP contribution in [0.5, 0.6) is 0 Å². The molecule has 1 amide bonds. The van der Waals surface area contributed by atoms with Gasteiger partial charge in [-0.1, -0.05) is 0 Å². The summed E-state index contributed by atoms with van der Waals surface area (Å²) in [5, 5.41) is 2.99. The normalized spacial score (nSPS) is 10.2. The van der Waals surface area contributed by atoms with Crippen LogP contribution in [0, 0.1) is 5.82 Å². The standard InChI is InChI=1S/C9H6FNO2/c10-7-3-6-1-2-13-9(6)8(4-7)11-5-12/h1-5H,(H,11,12). The summed E-state index contributed by atoms with van der Waals surface area (Å²) >= 11 is 0. The number of furan rings is 1. The van der Waals surface area contributed by atoms with Crippen LogP contribution in [0.4, 0.5) is 10.1 Å². The van der Waals surface area contributed by atoms with Crippen molar-refractivity contribution in [3.05, 3.63) is 30.3 Å². The first-order valence-corrected chi connectivity index (χ1v) is 3.68. The Bertz CT molecular complexity index is 450. The quantitative estimate of drug-likeness (QED) is 0.717. The monoisotopic (exact) mass is 179 g/mol. The predicted molar refractivity (Wildman–Crippen MR) is 45.9 cm³/mol. The zero-order valence-electron chi connectivity index (χ0n) is 6.58. The highest BCUT2D eigenvalue weighted by molar-refractivity contribution is 5.93. The second-order valence-corrected chi connectivity index (χ2v) is 2.55. The number of carbonyl (C=O) groups excluding carboxylic acids is 1. The van der Waals surface area contributed by atoms with Crippen molar-refractivity contribution in [2.45, 2.75) is 0 Å². The van der Waals surface area contributed by atoms with Gasteiger partial charge in [0.1, 0.15) is 5.82 Å². The fourth-order valence-corrected chi connectivity index (χ4v) is 1.22. The van der Waals surface area contributed by atoms with Crippen LogP contribution in [0.1, 0.15) is 0 Å². The Morgan fingerprint density at radius 2 is 2.31 bits per heavy atom. The van der Waals surface area contributed by atoms with E-state index in [0.29, 0.717) is 23.1 Å². The van der Waals surface area contributed by atoms with Crippen molar-refractivity contribution in [2.24, 2.45) is 0 Å². The van der Waals surface area contributed by atoms with Crippen molar-refractivity contribution in [2.75, 3.05) is 5.32 Å². The minimum atomic E-state index is -0.404. The Hall–Kier alpha value is -1.84. The maximum absolute atomic E-state index is 12.9. The molecular formula is C9H6FNO2. The lowest BCUT2D eigenvalue weighted by molar-refractivity contribution is -0.105. The van der Waals surface area contributed by atoms with Gasteiger partial charge in [-0.3, -0.25) is 4.79 Å². The van der Waals surface area contributed by atoms with Gasteiger partial charge in [0.2, 0.25) is 6.41 Å². The van der Waals surface area contributed by atoms with E-state index >= 15 is 0 Å². The summed E-state index contributed by atoms with van der Waals surface area (Å²) < 4.78 is 18.0. The van der Waals surface area contributed by atoms with Gasteiger partial charge in [-0.05, 0) is 12.1 Å². The van der Waals surface area contributed by atoms with Crippen LogP contribution >= 0.6 is 0 Å². The van der Waals surface area contributed by atoms with Crippen LogP contribution in [0.3, 0.4) is 0 Å². The molecule has 4 heteroatoms. The summed E-state index contributed by atoms with van der Waals surface area (Å²) in [7, 11) is 0. The number of nitrogens with one attached hydrogen (secondary N) is 1. The minimum Gasteiger partial charge on any atom is -0.462 e. The number of halogens is 1. The third-order valence-corrected chi connectivity index (χ3v) is 1.73. The van der Waals surface area contributed by atoms with Gasteiger partial charge >= 0.3 is 0 Å². The van der Waals surface area contributed by atoms with Gasteiger partial charge in [0.25, 0.3) is 0 Å². The summed E-state index contributed by atoms with van der Waals surface area (Å²) in [4.78, 5) is 10.2. The van der Waals surface area contributed by atoms with Crippen molar-refractivity contribution in [3.63, 3.8) is 0 Å². The summed E-state index contributed by atoms with van der Waals surface area (Å²) in [6.07, 6.45) is 1.93. The predicted octanol–water partition coefficient (Wildman–Crippen LogP) is 2.14. The molecule has 1 heterocycles. The van der Waals surface area contributed by atoms with Gasteiger partial charge in [-0.25, -0.2) is 4.39 Å². The third-order valence-electron chi connectivity index (χ3n) is 1.73. The van der Waals surface area contributed by atoms with Gasteiger partial charge < -0.3 is 9.73 Å². The molecule has 0 saturated carbocycles. The molecule has 0 saturated heterocycles. The second kappa shape index (κ2) is 2.90. The average Bonchev–Trinajstić information content (AvgIpc) is 2.52. The van der Waals surface area contributed by atoms with Crippen molar-refractivity contribution < 1.29 is 13.6 Å². The van der Waals surface area contributed by atoms with Crippen LogP contribution in [-0.4, -0.2) is 6.41 Å². The van der Waals surface area contributed by atoms with Crippen LogP contribution in [-0.2, 0) is 4.79 Å². The molecule has 0 aliphatic heterocycles. The van der Waals surface area contributed by atoms with E-state index in [1.165, 1.54) is 18.4 Å². The molecule has 2 rings (SSSR count). The molecule has 0 unspecified atom stereocenters. The Morgan fingerprint density at radius 3 is 3.08 bits per heavy atom. The van der Waals surface area contributed by atoms with Crippen LogP contribution in [0.2, 0.25) is 0 Å². The minimum absolute atomic E-state index is 0.343. The van der Waals surface area contributed by atoms with Gasteiger partial charge in [-0.15, -0.1) is 0 Å². The molecule has 1 aromatic carbocycles. The Kier molecular flexibility index (Phi) is 1.73. The number of hydrogen-bond acceptors (Lipinski definition) is 2. The maximum Gasteiger partial charge on any atom is 0.211 e. The van der Waals surface area contributed by atoms with E-state index in [0.717, 1.165) is 0 Å². The number of hydrogen-bond donors (Lipinski definition) is 1. The van der Waals surface area contributed by atoms with Crippen molar-refractivity contribution >= 4 is 23.1 Å². The molecule has 0 spiro atoms. The smallest absolute Gasteiger partial charge is 0.211 e. The number of rotatable bonds is 2. The molecule has 13 heavy (non-hydrogen) atoms. The molecule has 0 fully saturated rings. The SMILES string of the molecule is O=CNc1cc(F)cc2ccoc12. The fourth-order valence-electron chi connectivity index (χ4n) is 1.22. The summed E-state index contributed by atoms with van der Waals surface area (Å²) in [6.45, 7) is 0. The first-order chi connectivity index (χ1) is 6.31. The van der Waals surface area contributed by atoms with E-state index in [-0.39, 0.29) is 0 Å². The van der Waals surface area contributed by atoms with Crippen LogP contribution in [0.15, 0.2) is 28.9 Å². The van der Waals surface area contributed by atoms with Crippen LogP contribution in [0.25, 0.3) is 11.0 Å². The highest BCUT2D eigenvalue weighted by Crippen LogP contribution is 2.25. The highest BCUT2D eigenvalue weighted by atomic mass is 19.1. The van der Waals surface area contributed by atoms with Gasteiger partial charge in [0, 0.05) is 11.5 Å². The summed E-state index contributed by atoms with van der Waals surface area (Å²) in [6, 6.07) is 4.18. The number of anilines is 1. The Balaban J connectivity index is 2.69. The van der Waals surface area contributed by atoms with E-state index in [1.54, 1.807) is 6.07 Å². The molecule has 0 aliphatic carbocycles. The van der Waals surface area contributed by atoms with Crippen molar-refractivity contribution in [1.29, 1.82) is 0 Å². The topological polar surface area (TPSA) is 42.2 Å². The number of carbonyl (C=O) groups is 1. The molecule has 2 aromatic rings. The molecule has 0 aliphatic rings. The Labute approximate surface area is 73.1 Å². The molecule has 0 atom stereocenters. The molecule has 3 nitrogen and oxygen atoms in total. The maximum atomic E-state index is 12.9. The molecule has 0 bridgehead atoms. The highest BCUT2D eigenvalue weighted by Gasteiger charge is 2.05. The first kappa shape index (κ1) is 7.79. The summed E-state index contributed by atoms with van der Waals surface area (Å²) in [5.74, 6) is -0.404. The summed E-state index contributed by atoms with van der Waals surface area (Å²) in [5.41, 5.74) is 0.823. The van der Waals surface area contributed by atoms with Gasteiger partial charge in [0.05, 0.1) is 12.0 Å². The lowest BCUT2D eigenvalue weighted by Gasteiger charge is -1.99. The number of fused-ring (bicyclic) bond motifs is 1. The van der Waals surface area contributed by atoms with E-state index in [2.05, 4.69) is 5.32 Å². The zero-order valence-corrected chi connectivity index (χ0v) is 6.58. The first-order valence-electron chi connectivity index (χ1n) is 3.68. The van der Waals surface area contributed by atoms with Gasteiger partial charge in [-0.2, -0.15) is 0 Å². The molecule has 66 valence electrons. The molecule has 1 aromatic heterocycles. The van der Waals surface area contributed by atoms with Crippen LogP contribution < -0.4 is 5.32 Å². The lowest BCUT2D eigenvalue weighted by atomic mass is 10.2. The number of benzene rings is 1. The van der Waals surface area contributed by atoms with Gasteiger partial charge in [0.15, 0.2) is 5.58 Å². The van der Waals surface area contributed by atoms with E-state index in [9.17, 15) is 9.18 Å². The van der Waals surface area contributed by atoms with Crippen molar-refractivity contribution in [1.82, 2.24) is 0 Å². The fraction of sp³-hybridized carbons (Fsp3) is 0. The Morgan fingerprint density at radius 1 is 1.46 bits per heavy atom. The second-order valence-electron chi connectivity index (χ2n) is 2.55. The molecule has 0 radical (unpaired) electrons. The number of amides is 1. The van der Waals surface area contributed by atoms with Crippen molar-refractivity contribution in [3.8, 4) is 0 Å². The molecular weight excluding hydrogens is 173 g/mol. The average molecular weight is 179 g/mol. The molecule has 1 N–H and O–H groups in total. The lowest BCUT2D eigenvalue weighted by Crippen LogP contribution is -1.94. The van der Waals surface area contributed by atoms with E-state index in [4.69, 9.17) is 4.42 Å². The third kappa shape index (κ3) is 1.26.